The van der Waals surface area contributed by atoms with Gasteiger partial charge in [0.1, 0.15) is 17.5 Å². The van der Waals surface area contributed by atoms with E-state index in [1.165, 1.54) is 22.3 Å². The minimum Gasteiger partial charge on any atom is -0.432 e. The second kappa shape index (κ2) is 14.0. The molecule has 0 aliphatic carbocycles. The van der Waals surface area contributed by atoms with Gasteiger partial charge in [-0.05, 0) is 104 Å². The first kappa shape index (κ1) is 33.4. The highest BCUT2D eigenvalue weighted by atomic mass is 16.2. The molecule has 0 saturated carbocycles. The first-order valence-electron chi connectivity index (χ1n) is 17.5. The van der Waals surface area contributed by atoms with Crippen LogP contribution in [0.25, 0.3) is 21.8 Å². The van der Waals surface area contributed by atoms with E-state index >= 15 is 0 Å². The number of aromatic nitrogens is 2. The van der Waals surface area contributed by atoms with Crippen molar-refractivity contribution in [2.75, 3.05) is 26.2 Å². The molecule has 2 aromatic heterocycles. The number of hydrogen-bond acceptors (Lipinski definition) is 5. The molecule has 2 fully saturated rings. The Bertz CT molecular complexity index is 2150. The minimum atomic E-state index is -0.723. The molecule has 50 heavy (non-hydrogen) atoms. The Hall–Kier alpha value is -5.14. The zero-order valence-electron chi connectivity index (χ0n) is 28.5. The van der Waals surface area contributed by atoms with Crippen LogP contribution in [0, 0.1) is 11.3 Å². The molecule has 8 nitrogen and oxygen atoms in total. The number of benzene rings is 4. The molecule has 1 amide bonds. The van der Waals surface area contributed by atoms with E-state index in [1.807, 2.05) is 18.2 Å². The number of aromatic amines is 1. The van der Waals surface area contributed by atoms with E-state index in [-0.39, 0.29) is 10.8 Å². The average Bonchev–Trinajstić information content (AvgIpc) is 3.95. The average molecular weight is 663 g/mol. The summed E-state index contributed by atoms with van der Waals surface area (Å²) in [6.45, 7) is 5.66. The van der Waals surface area contributed by atoms with Gasteiger partial charge in [0.2, 0.25) is 0 Å². The van der Waals surface area contributed by atoms with E-state index < -0.39 is 13.0 Å². The van der Waals surface area contributed by atoms with Crippen molar-refractivity contribution in [3.05, 3.63) is 143 Å². The summed E-state index contributed by atoms with van der Waals surface area (Å²) in [5, 5.41) is 28.6. The van der Waals surface area contributed by atoms with Crippen LogP contribution in [0.2, 0.25) is 6.82 Å². The third-order valence-corrected chi connectivity index (χ3v) is 10.7. The Kier molecular flexibility index (Phi) is 9.34. The van der Waals surface area contributed by atoms with Crippen LogP contribution in [0.4, 0.5) is 0 Å². The maximum absolute atomic E-state index is 11.4. The summed E-state index contributed by atoms with van der Waals surface area (Å²) in [6, 6.07) is 40.0. The molecule has 4 aromatic carbocycles. The Morgan fingerprint density at radius 2 is 1.38 bits per heavy atom. The predicted molar refractivity (Wildman–Crippen MR) is 201 cm³/mol. The quantitative estimate of drug-likeness (QED) is 0.134. The van der Waals surface area contributed by atoms with Crippen molar-refractivity contribution in [3.63, 3.8) is 0 Å². The van der Waals surface area contributed by atoms with Crippen molar-refractivity contribution in [1.82, 2.24) is 20.1 Å². The third-order valence-electron chi connectivity index (χ3n) is 10.7. The van der Waals surface area contributed by atoms with E-state index in [0.29, 0.717) is 11.4 Å². The SMILES string of the molecule is CB(O)n1c(C#N)cc2cc(C3(Cc4ccccc4)CCNC3)ccc21.NC(=O)c1cc2cc(C3(Cc4ccccc4)CCNC3)ccc2[nH]1. The van der Waals surface area contributed by atoms with Gasteiger partial charge in [-0.3, -0.25) is 4.79 Å². The lowest BCUT2D eigenvalue weighted by molar-refractivity contribution is 0.0996. The number of primary amides is 1. The van der Waals surface area contributed by atoms with Gasteiger partial charge >= 0.3 is 7.05 Å². The van der Waals surface area contributed by atoms with E-state index in [1.54, 1.807) is 11.3 Å². The molecule has 4 heterocycles. The fraction of sp³-hybridized carbons (Fsp3) is 0.268. The molecular weight excluding hydrogens is 619 g/mol. The lowest BCUT2D eigenvalue weighted by Gasteiger charge is -2.29. The number of nitrogens with zero attached hydrogens (tertiary/aromatic N) is 2. The number of nitrogens with one attached hydrogen (secondary N) is 3. The topological polar surface area (TPSA) is 132 Å². The molecule has 0 spiro atoms. The van der Waals surface area contributed by atoms with Gasteiger partial charge in [-0.15, -0.1) is 0 Å². The van der Waals surface area contributed by atoms with Crippen LogP contribution in [-0.2, 0) is 23.7 Å². The lowest BCUT2D eigenvalue weighted by atomic mass is 9.74. The largest absolute Gasteiger partial charge is 0.432 e. The molecule has 2 saturated heterocycles. The molecule has 2 aliphatic heterocycles. The molecule has 0 bridgehead atoms. The number of carbonyl (C=O) groups is 1. The zero-order valence-corrected chi connectivity index (χ0v) is 28.5. The Labute approximate surface area is 293 Å². The van der Waals surface area contributed by atoms with Crippen molar-refractivity contribution >= 4 is 34.8 Å². The van der Waals surface area contributed by atoms with E-state index in [2.05, 4.69) is 113 Å². The molecule has 2 atom stereocenters. The molecule has 2 aliphatic rings. The van der Waals surface area contributed by atoms with Crippen molar-refractivity contribution < 1.29 is 9.82 Å². The number of rotatable bonds is 8. The number of carbonyl (C=O) groups excluding carboxylic acids is 1. The number of amides is 1. The number of H-pyrrole nitrogens is 1. The van der Waals surface area contributed by atoms with Crippen LogP contribution in [0.3, 0.4) is 0 Å². The highest BCUT2D eigenvalue weighted by molar-refractivity contribution is 6.48. The van der Waals surface area contributed by atoms with Crippen molar-refractivity contribution in [2.24, 2.45) is 5.73 Å². The van der Waals surface area contributed by atoms with Gasteiger partial charge in [0.15, 0.2) is 0 Å². The molecule has 8 rings (SSSR count). The van der Waals surface area contributed by atoms with Gasteiger partial charge in [-0.2, -0.15) is 5.26 Å². The van der Waals surface area contributed by atoms with Gasteiger partial charge in [-0.25, -0.2) is 0 Å². The smallest absolute Gasteiger partial charge is 0.414 e. The summed E-state index contributed by atoms with van der Waals surface area (Å²) in [6.07, 6.45) is 4.21. The monoisotopic (exact) mass is 662 g/mol. The Morgan fingerprint density at radius 1 is 0.820 bits per heavy atom. The van der Waals surface area contributed by atoms with Gasteiger partial charge in [0.05, 0.1) is 0 Å². The van der Waals surface area contributed by atoms with E-state index in [9.17, 15) is 15.1 Å². The van der Waals surface area contributed by atoms with Crippen LogP contribution >= 0.6 is 0 Å². The van der Waals surface area contributed by atoms with E-state index in [0.717, 1.165) is 73.7 Å². The van der Waals surface area contributed by atoms with Crippen LogP contribution in [0.1, 0.15) is 51.3 Å². The predicted octanol–water partition coefficient (Wildman–Crippen LogP) is 5.69. The normalized spacial score (nSPS) is 20.0. The molecule has 6 N–H and O–H groups in total. The van der Waals surface area contributed by atoms with Gasteiger partial charge in [-0.1, -0.05) is 72.8 Å². The number of fused-ring (bicyclic) bond motifs is 2. The van der Waals surface area contributed by atoms with Crippen LogP contribution in [0.5, 0.6) is 0 Å². The fourth-order valence-electron chi connectivity index (χ4n) is 8.11. The molecule has 6 aromatic rings. The number of nitrogens with two attached hydrogens (primary N) is 1. The van der Waals surface area contributed by atoms with Gasteiger partial charge in [0.25, 0.3) is 5.91 Å². The zero-order chi connectivity index (χ0) is 34.7. The molecule has 0 radical (unpaired) electrons. The second-order valence-corrected chi connectivity index (χ2v) is 14.0. The molecule has 252 valence electrons. The second-order valence-electron chi connectivity index (χ2n) is 14.0. The lowest BCUT2D eigenvalue weighted by Crippen LogP contribution is -2.31. The van der Waals surface area contributed by atoms with Crippen molar-refractivity contribution in [1.29, 1.82) is 5.26 Å². The first-order chi connectivity index (χ1) is 24.3. The maximum atomic E-state index is 11.4. The van der Waals surface area contributed by atoms with Crippen LogP contribution in [0.15, 0.2) is 109 Å². The first-order valence-corrected chi connectivity index (χ1v) is 17.5. The molecule has 9 heteroatoms. The Balaban J connectivity index is 0.000000157. The molecular formula is C41H43BN6O2. The summed E-state index contributed by atoms with van der Waals surface area (Å²) in [5.74, 6) is -0.422. The fourth-order valence-corrected chi connectivity index (χ4v) is 8.11. The highest BCUT2D eigenvalue weighted by Crippen LogP contribution is 2.38. The minimum absolute atomic E-state index is 0.0648. The van der Waals surface area contributed by atoms with Gasteiger partial charge < -0.3 is 30.9 Å². The summed E-state index contributed by atoms with van der Waals surface area (Å²) < 4.78 is 1.69. The maximum Gasteiger partial charge on any atom is 0.414 e. The Morgan fingerprint density at radius 3 is 1.88 bits per heavy atom. The van der Waals surface area contributed by atoms with Gasteiger partial charge in [0, 0.05) is 45.7 Å². The molecule has 2 unspecified atom stereocenters. The number of hydrogen-bond donors (Lipinski definition) is 5. The number of nitriles is 1. The summed E-state index contributed by atoms with van der Waals surface area (Å²) in [7, 11) is -0.723. The van der Waals surface area contributed by atoms with Crippen molar-refractivity contribution in [3.8, 4) is 6.07 Å². The summed E-state index contributed by atoms with van der Waals surface area (Å²) >= 11 is 0. The summed E-state index contributed by atoms with van der Waals surface area (Å²) in [5.41, 5.74) is 13.7. The van der Waals surface area contributed by atoms with Crippen LogP contribution in [-0.4, -0.2) is 53.6 Å². The third kappa shape index (κ3) is 6.58. The van der Waals surface area contributed by atoms with Crippen LogP contribution < -0.4 is 16.4 Å². The highest BCUT2D eigenvalue weighted by Gasteiger charge is 2.37. The standard InChI is InChI=1S/C21H22BN3O.C20H21N3O/c1-22(26)25-19(14-23)12-17-11-18(7-8-20(17)25)21(9-10-24-15-21)13-16-5-3-2-4-6-16;21-19(24)18-11-15-10-16(6-7-17(15)23-18)20(8-9-22-13-20)12-14-4-2-1-3-5-14/h2-8,11-12,24,26H,9-10,13,15H2,1H3;1-7,10-11,22-23H,8-9,12-13H2,(H2,21,24). The van der Waals surface area contributed by atoms with E-state index in [4.69, 9.17) is 5.73 Å². The summed E-state index contributed by atoms with van der Waals surface area (Å²) in [4.78, 5) is 14.5. The van der Waals surface area contributed by atoms with Crippen molar-refractivity contribution in [2.45, 2.75) is 43.3 Å².